The van der Waals surface area contributed by atoms with Crippen LogP contribution in [0.5, 0.6) is 5.75 Å². The highest BCUT2D eigenvalue weighted by molar-refractivity contribution is 5.17. The van der Waals surface area contributed by atoms with Crippen LogP contribution in [0.4, 0.5) is 0 Å². The van der Waals surface area contributed by atoms with Gasteiger partial charge in [0.2, 0.25) is 0 Å². The van der Waals surface area contributed by atoms with E-state index in [0.717, 1.165) is 12.8 Å². The van der Waals surface area contributed by atoms with Crippen molar-refractivity contribution in [2.24, 2.45) is 5.73 Å². The Balaban J connectivity index is 2.76. The molecule has 15 heavy (non-hydrogen) atoms. The molecule has 0 atom stereocenters. The van der Waals surface area contributed by atoms with Crippen LogP contribution in [-0.4, -0.2) is 17.7 Å². The van der Waals surface area contributed by atoms with Crippen LogP contribution in [-0.2, 0) is 6.54 Å². The molecular weight excluding hydrogens is 192 g/mol. The second kappa shape index (κ2) is 6.24. The molecule has 0 spiro atoms. The van der Waals surface area contributed by atoms with Gasteiger partial charge in [-0.15, -0.1) is 0 Å². The van der Waals surface area contributed by atoms with E-state index in [1.165, 1.54) is 0 Å². The summed E-state index contributed by atoms with van der Waals surface area (Å²) in [4.78, 5) is 11.8. The second-order valence-corrected chi connectivity index (χ2v) is 3.36. The average molecular weight is 210 g/mol. The monoisotopic (exact) mass is 210 g/mol. The summed E-state index contributed by atoms with van der Waals surface area (Å²) in [6.45, 7) is 3.83. The van der Waals surface area contributed by atoms with E-state index in [1.54, 1.807) is 16.8 Å². The maximum atomic E-state index is 11.8. The lowest BCUT2D eigenvalue weighted by Gasteiger charge is -2.08. The summed E-state index contributed by atoms with van der Waals surface area (Å²) < 4.78 is 6.98. The van der Waals surface area contributed by atoms with Crippen LogP contribution in [0.3, 0.4) is 0 Å². The minimum absolute atomic E-state index is 0.0700. The molecule has 1 aromatic rings. The van der Waals surface area contributed by atoms with Crippen molar-refractivity contribution in [3.8, 4) is 5.75 Å². The van der Waals surface area contributed by atoms with E-state index < -0.39 is 0 Å². The van der Waals surface area contributed by atoms with Crippen molar-refractivity contribution in [1.29, 1.82) is 0 Å². The molecule has 0 aliphatic carbocycles. The third-order valence-electron chi connectivity index (χ3n) is 2.05. The van der Waals surface area contributed by atoms with Crippen molar-refractivity contribution in [2.75, 3.05) is 13.2 Å². The molecule has 0 aliphatic heterocycles. The van der Waals surface area contributed by atoms with Crippen molar-refractivity contribution in [3.05, 3.63) is 28.7 Å². The molecule has 84 valence electrons. The van der Waals surface area contributed by atoms with E-state index in [-0.39, 0.29) is 5.56 Å². The van der Waals surface area contributed by atoms with Crippen molar-refractivity contribution in [3.63, 3.8) is 0 Å². The zero-order valence-corrected chi connectivity index (χ0v) is 9.11. The number of pyridine rings is 1. The summed E-state index contributed by atoms with van der Waals surface area (Å²) in [5.41, 5.74) is 5.33. The summed E-state index contributed by atoms with van der Waals surface area (Å²) in [5.74, 6) is 0.427. The van der Waals surface area contributed by atoms with Gasteiger partial charge in [0.1, 0.15) is 0 Å². The molecular formula is C11H18N2O2. The zero-order chi connectivity index (χ0) is 11.1. The van der Waals surface area contributed by atoms with Crippen LogP contribution >= 0.6 is 0 Å². The molecule has 2 N–H and O–H groups in total. The van der Waals surface area contributed by atoms with Gasteiger partial charge < -0.3 is 15.0 Å². The second-order valence-electron chi connectivity index (χ2n) is 3.36. The molecule has 4 nitrogen and oxygen atoms in total. The predicted molar refractivity (Wildman–Crippen MR) is 60.2 cm³/mol. The number of aromatic nitrogens is 1. The van der Waals surface area contributed by atoms with Gasteiger partial charge in [0.15, 0.2) is 5.75 Å². The summed E-state index contributed by atoms with van der Waals surface area (Å²) in [5, 5.41) is 0. The highest BCUT2D eigenvalue weighted by atomic mass is 16.5. The number of nitrogens with two attached hydrogens (primary N) is 1. The van der Waals surface area contributed by atoms with Gasteiger partial charge in [-0.1, -0.05) is 6.92 Å². The number of hydrogen-bond donors (Lipinski definition) is 1. The third-order valence-corrected chi connectivity index (χ3v) is 2.05. The molecule has 0 saturated carbocycles. The van der Waals surface area contributed by atoms with E-state index in [1.807, 2.05) is 13.0 Å². The number of ether oxygens (including phenoxy) is 1. The molecule has 0 fully saturated rings. The smallest absolute Gasteiger partial charge is 0.292 e. The molecule has 0 amide bonds. The number of rotatable bonds is 6. The Morgan fingerprint density at radius 3 is 3.00 bits per heavy atom. The molecule has 4 heteroatoms. The highest BCUT2D eigenvalue weighted by Gasteiger charge is 2.02. The summed E-state index contributed by atoms with van der Waals surface area (Å²) >= 11 is 0. The Labute approximate surface area is 89.7 Å². The minimum atomic E-state index is -0.0700. The van der Waals surface area contributed by atoms with Crippen molar-refractivity contribution < 1.29 is 4.74 Å². The van der Waals surface area contributed by atoms with E-state index in [4.69, 9.17) is 10.5 Å². The van der Waals surface area contributed by atoms with E-state index >= 15 is 0 Å². The highest BCUT2D eigenvalue weighted by Crippen LogP contribution is 2.02. The van der Waals surface area contributed by atoms with E-state index in [0.29, 0.717) is 25.4 Å². The molecule has 0 unspecified atom stereocenters. The summed E-state index contributed by atoms with van der Waals surface area (Å²) in [7, 11) is 0. The lowest BCUT2D eigenvalue weighted by Crippen LogP contribution is -2.22. The zero-order valence-electron chi connectivity index (χ0n) is 9.11. The lowest BCUT2D eigenvalue weighted by atomic mass is 10.4. The molecule has 1 heterocycles. The molecule has 0 aliphatic rings. The minimum Gasteiger partial charge on any atom is -0.488 e. The van der Waals surface area contributed by atoms with Crippen molar-refractivity contribution in [1.82, 2.24) is 4.57 Å². The van der Waals surface area contributed by atoms with Gasteiger partial charge in [-0.3, -0.25) is 4.79 Å². The summed E-state index contributed by atoms with van der Waals surface area (Å²) in [6.07, 6.45) is 3.46. The first-order valence-electron chi connectivity index (χ1n) is 5.32. The average Bonchev–Trinajstić information content (AvgIpc) is 2.26. The van der Waals surface area contributed by atoms with Gasteiger partial charge in [0, 0.05) is 12.7 Å². The Morgan fingerprint density at radius 1 is 1.53 bits per heavy atom. The fourth-order valence-electron chi connectivity index (χ4n) is 1.27. The fraction of sp³-hybridized carbons (Fsp3) is 0.545. The number of aryl methyl sites for hydroxylation is 1. The predicted octanol–water partition coefficient (Wildman–Crippen LogP) is 0.986. The maximum Gasteiger partial charge on any atom is 0.292 e. The van der Waals surface area contributed by atoms with Crippen LogP contribution in [0.2, 0.25) is 0 Å². The first-order valence-corrected chi connectivity index (χ1v) is 5.32. The number of hydrogen-bond acceptors (Lipinski definition) is 3. The topological polar surface area (TPSA) is 57.2 Å². The molecule has 0 radical (unpaired) electrons. The standard InChI is InChI=1S/C11H18N2O2/c1-2-9-15-10-5-3-7-13(11(10)14)8-4-6-12/h3,5,7H,2,4,6,8-9,12H2,1H3. The van der Waals surface area contributed by atoms with Gasteiger partial charge in [-0.25, -0.2) is 0 Å². The SMILES string of the molecule is CCCOc1cccn(CCCN)c1=O. The van der Waals surface area contributed by atoms with Gasteiger partial charge in [-0.2, -0.15) is 0 Å². The van der Waals surface area contributed by atoms with Crippen molar-refractivity contribution in [2.45, 2.75) is 26.3 Å². The van der Waals surface area contributed by atoms with Gasteiger partial charge in [0.05, 0.1) is 6.61 Å². The van der Waals surface area contributed by atoms with Crippen LogP contribution in [0.15, 0.2) is 23.1 Å². The van der Waals surface area contributed by atoms with Gasteiger partial charge >= 0.3 is 0 Å². The first-order chi connectivity index (χ1) is 7.29. The largest absolute Gasteiger partial charge is 0.488 e. The van der Waals surface area contributed by atoms with Gasteiger partial charge in [-0.05, 0) is 31.5 Å². The maximum absolute atomic E-state index is 11.8. The van der Waals surface area contributed by atoms with Crippen LogP contribution in [0.25, 0.3) is 0 Å². The Hall–Kier alpha value is -1.29. The van der Waals surface area contributed by atoms with Crippen molar-refractivity contribution >= 4 is 0 Å². The molecule has 1 rings (SSSR count). The first kappa shape index (κ1) is 11.8. The summed E-state index contributed by atoms with van der Waals surface area (Å²) in [6, 6.07) is 3.53. The molecule has 0 aromatic carbocycles. The lowest BCUT2D eigenvalue weighted by molar-refractivity contribution is 0.310. The van der Waals surface area contributed by atoms with E-state index in [9.17, 15) is 4.79 Å². The normalized spacial score (nSPS) is 10.3. The molecule has 0 saturated heterocycles. The fourth-order valence-corrected chi connectivity index (χ4v) is 1.27. The Morgan fingerprint density at radius 2 is 2.33 bits per heavy atom. The quantitative estimate of drug-likeness (QED) is 0.761. The van der Waals surface area contributed by atoms with Crippen LogP contribution in [0, 0.1) is 0 Å². The van der Waals surface area contributed by atoms with Crippen LogP contribution < -0.4 is 16.0 Å². The number of nitrogens with zero attached hydrogens (tertiary/aromatic N) is 1. The third kappa shape index (κ3) is 3.40. The Bertz CT molecular complexity index is 317. The molecule has 0 bridgehead atoms. The Kier molecular flexibility index (Phi) is 4.90. The molecule has 1 aromatic heterocycles. The van der Waals surface area contributed by atoms with Gasteiger partial charge in [0.25, 0.3) is 5.56 Å². The van der Waals surface area contributed by atoms with E-state index in [2.05, 4.69) is 0 Å². The van der Waals surface area contributed by atoms with Crippen LogP contribution in [0.1, 0.15) is 19.8 Å².